The van der Waals surface area contributed by atoms with Gasteiger partial charge in [0.05, 0.1) is 11.6 Å². The Hall–Kier alpha value is -1.74. The Morgan fingerprint density at radius 1 is 1.17 bits per heavy atom. The van der Waals surface area contributed by atoms with Crippen molar-refractivity contribution in [2.75, 3.05) is 0 Å². The Kier molecular flexibility index (Phi) is 5.46. The van der Waals surface area contributed by atoms with Crippen LogP contribution in [0.1, 0.15) is 11.1 Å². The molecule has 0 unspecified atom stereocenters. The van der Waals surface area contributed by atoms with E-state index in [4.69, 9.17) is 10.00 Å². The first-order valence-electron chi connectivity index (χ1n) is 5.08. The van der Waals surface area contributed by atoms with E-state index in [2.05, 4.69) is 12.1 Å². The summed E-state index contributed by atoms with van der Waals surface area (Å²) in [5.41, 5.74) is 1.33. The molecule has 0 N–H and O–H groups in total. The third kappa shape index (κ3) is 3.63. The fourth-order valence-electron chi connectivity index (χ4n) is 1.42. The van der Waals surface area contributed by atoms with Crippen LogP contribution in [-0.2, 0) is 6.61 Å². The van der Waals surface area contributed by atoms with Crippen LogP contribution in [0, 0.1) is 23.2 Å². The molecule has 0 radical (unpaired) electrons. The molecule has 0 aromatic heterocycles. The van der Waals surface area contributed by atoms with Gasteiger partial charge in [-0.3, -0.25) is 0 Å². The molecule has 0 spiro atoms. The Bertz CT molecular complexity index is 566. The molecule has 0 saturated carbocycles. The van der Waals surface area contributed by atoms with Crippen molar-refractivity contribution in [2.24, 2.45) is 0 Å². The van der Waals surface area contributed by atoms with E-state index in [0.717, 1.165) is 5.56 Å². The van der Waals surface area contributed by atoms with Gasteiger partial charge in [-0.25, -0.2) is 4.39 Å². The van der Waals surface area contributed by atoms with Gasteiger partial charge < -0.3 is 4.74 Å². The summed E-state index contributed by atoms with van der Waals surface area (Å²) in [5.74, 6) is -0.131. The van der Waals surface area contributed by atoms with Gasteiger partial charge in [0.2, 0.25) is 0 Å². The number of nitriles is 1. The first-order valence-corrected chi connectivity index (χ1v) is 5.08. The van der Waals surface area contributed by atoms with Gasteiger partial charge in [0.25, 0.3) is 0 Å². The maximum absolute atomic E-state index is 12.9. The number of nitrogens with zero attached hydrogens (tertiary/aromatic N) is 1. The molecule has 0 fully saturated rings. The molecule has 18 heavy (non-hydrogen) atoms. The van der Waals surface area contributed by atoms with Crippen molar-refractivity contribution < 1.29 is 28.0 Å². The first-order chi connectivity index (χ1) is 8.29. The zero-order valence-corrected chi connectivity index (χ0v) is 9.98. The zero-order valence-electron chi connectivity index (χ0n) is 9.98. The number of halogens is 1. The number of hydrogen-bond donors (Lipinski definition) is 0. The van der Waals surface area contributed by atoms with E-state index in [9.17, 15) is 4.39 Å². The average Bonchev–Trinajstić information content (AvgIpc) is 2.37. The minimum absolute atomic E-state index is 0. The van der Waals surface area contributed by atoms with Gasteiger partial charge in [0.1, 0.15) is 6.61 Å². The van der Waals surface area contributed by atoms with Crippen LogP contribution in [0.4, 0.5) is 4.39 Å². The molecule has 0 aliphatic carbocycles. The Morgan fingerprint density at radius 2 is 1.94 bits per heavy atom. The summed E-state index contributed by atoms with van der Waals surface area (Å²) < 4.78 is 18.2. The smallest absolute Gasteiger partial charge is 0.515 e. The fourth-order valence-corrected chi connectivity index (χ4v) is 1.42. The summed E-state index contributed by atoms with van der Waals surface area (Å²) in [7, 11) is 0. The van der Waals surface area contributed by atoms with E-state index in [1.165, 1.54) is 6.07 Å². The normalized spacial score (nSPS) is 9.11. The standard InChI is InChI=1S/C14H9FNO.Li/c15-13-6-3-7-14(8-13)17-10-12-5-2-1-4-11(12)9-16;/h1-7H,10H2;/q-1;+1. The largest absolute Gasteiger partial charge is 1.00 e. The fraction of sp³-hybridized carbons (Fsp3) is 0.0714. The van der Waals surface area contributed by atoms with Crippen LogP contribution in [-0.4, -0.2) is 0 Å². The Labute approximate surface area is 117 Å². The number of ether oxygens (including phenoxy) is 1. The van der Waals surface area contributed by atoms with Crippen LogP contribution in [0.2, 0.25) is 0 Å². The van der Waals surface area contributed by atoms with Gasteiger partial charge in [-0.2, -0.15) is 11.3 Å². The summed E-state index contributed by atoms with van der Waals surface area (Å²) in [4.78, 5) is 0. The van der Waals surface area contributed by atoms with Crippen molar-refractivity contribution in [1.82, 2.24) is 0 Å². The van der Waals surface area contributed by atoms with E-state index in [-0.39, 0.29) is 25.5 Å². The maximum atomic E-state index is 12.9. The molecular weight excluding hydrogens is 224 g/mol. The number of benzene rings is 2. The van der Waals surface area contributed by atoms with Crippen LogP contribution in [0.3, 0.4) is 0 Å². The number of rotatable bonds is 3. The third-order valence-corrected chi connectivity index (χ3v) is 2.25. The van der Waals surface area contributed by atoms with Crippen molar-refractivity contribution >= 4 is 0 Å². The van der Waals surface area contributed by atoms with Crippen LogP contribution in [0.25, 0.3) is 0 Å². The van der Waals surface area contributed by atoms with Gasteiger partial charge in [-0.1, -0.05) is 18.2 Å². The van der Waals surface area contributed by atoms with E-state index in [1.54, 1.807) is 30.3 Å². The molecule has 0 saturated heterocycles. The van der Waals surface area contributed by atoms with E-state index in [1.807, 2.05) is 6.07 Å². The van der Waals surface area contributed by atoms with Gasteiger partial charge in [-0.05, 0) is 6.07 Å². The quantitative estimate of drug-likeness (QED) is 0.555. The molecule has 0 aliphatic rings. The molecular formula is C14H9FLiNO. The van der Waals surface area contributed by atoms with Crippen LogP contribution < -0.4 is 23.6 Å². The topological polar surface area (TPSA) is 33.0 Å². The molecule has 84 valence electrons. The predicted octanol–water partition coefficient (Wildman–Crippen LogP) is 0.0806. The second-order valence-electron chi connectivity index (χ2n) is 3.42. The van der Waals surface area contributed by atoms with Crippen molar-refractivity contribution in [1.29, 1.82) is 5.26 Å². The molecule has 2 aromatic carbocycles. The van der Waals surface area contributed by atoms with E-state index < -0.39 is 5.82 Å². The molecule has 0 heterocycles. The second kappa shape index (κ2) is 6.86. The molecule has 2 nitrogen and oxygen atoms in total. The molecule has 4 heteroatoms. The molecule has 0 amide bonds. The molecule has 0 atom stereocenters. The average molecular weight is 233 g/mol. The minimum Gasteiger partial charge on any atom is -0.515 e. The second-order valence-corrected chi connectivity index (χ2v) is 3.42. The molecule has 2 rings (SSSR count). The van der Waals surface area contributed by atoms with Crippen molar-refractivity contribution in [2.45, 2.75) is 6.61 Å². The molecule has 0 bridgehead atoms. The predicted molar refractivity (Wildman–Crippen MR) is 60.7 cm³/mol. The van der Waals surface area contributed by atoms with Gasteiger partial charge in [0.15, 0.2) is 0 Å². The van der Waals surface area contributed by atoms with E-state index >= 15 is 0 Å². The van der Waals surface area contributed by atoms with Crippen molar-refractivity contribution in [3.63, 3.8) is 0 Å². The van der Waals surface area contributed by atoms with Gasteiger partial charge >= 0.3 is 18.9 Å². The zero-order chi connectivity index (χ0) is 12.1. The third-order valence-electron chi connectivity index (χ3n) is 2.25. The summed E-state index contributed by atoms with van der Waals surface area (Å²) >= 11 is 0. The maximum Gasteiger partial charge on any atom is 1.00 e. The summed E-state index contributed by atoms with van der Waals surface area (Å²) in [5, 5.41) is 8.89. The van der Waals surface area contributed by atoms with Crippen LogP contribution >= 0.6 is 0 Å². The van der Waals surface area contributed by atoms with Gasteiger partial charge in [0, 0.05) is 17.1 Å². The molecule has 2 aromatic rings. The van der Waals surface area contributed by atoms with E-state index in [0.29, 0.717) is 11.3 Å². The monoisotopic (exact) mass is 233 g/mol. The summed E-state index contributed by atoms with van der Waals surface area (Å²) in [6.07, 6.45) is 0. The summed E-state index contributed by atoms with van der Waals surface area (Å²) in [6.45, 7) is 0.226. The van der Waals surface area contributed by atoms with Gasteiger partial charge in [-0.15, -0.1) is 18.2 Å². The summed E-state index contributed by atoms with van der Waals surface area (Å²) in [6, 6.07) is 16.1. The Morgan fingerprint density at radius 3 is 2.67 bits per heavy atom. The number of hydrogen-bond acceptors (Lipinski definition) is 2. The first kappa shape index (κ1) is 14.3. The minimum atomic E-state index is -0.462. The SMILES string of the molecule is N#Cc1ccccc1COc1[c-]c(F)ccc1.[Li+]. The van der Waals surface area contributed by atoms with Crippen LogP contribution in [0.15, 0.2) is 42.5 Å². The van der Waals surface area contributed by atoms with Crippen molar-refractivity contribution in [3.05, 3.63) is 65.5 Å². The van der Waals surface area contributed by atoms with Crippen LogP contribution in [0.5, 0.6) is 5.75 Å². The molecule has 0 aliphatic heterocycles. The Balaban J connectivity index is 0.00000162. The van der Waals surface area contributed by atoms with Crippen molar-refractivity contribution in [3.8, 4) is 11.8 Å².